The topological polar surface area (TPSA) is 75.5 Å². The third kappa shape index (κ3) is 5.42. The van der Waals surface area contributed by atoms with Crippen molar-refractivity contribution < 1.29 is 9.72 Å². The largest absolute Gasteiger partial charge is 0.339 e. The van der Waals surface area contributed by atoms with Crippen LogP contribution in [0.2, 0.25) is 0 Å². The number of halogens is 1. The van der Waals surface area contributed by atoms with E-state index in [1.165, 1.54) is 6.07 Å². The summed E-state index contributed by atoms with van der Waals surface area (Å²) in [5.41, 5.74) is 0.748. The van der Waals surface area contributed by atoms with E-state index in [0.29, 0.717) is 30.1 Å². The fourth-order valence-corrected chi connectivity index (χ4v) is 3.32. The highest BCUT2D eigenvalue weighted by Crippen LogP contribution is 2.32. The molecule has 2 rings (SSSR count). The molecular formula is C19H30ClN3O3. The number of piperidine rings is 1. The number of likely N-dealkylation sites (tertiary alicyclic amines) is 1. The Morgan fingerprint density at radius 2 is 1.92 bits per heavy atom. The summed E-state index contributed by atoms with van der Waals surface area (Å²) in [5.74, 6) is 0.493. The average Bonchev–Trinajstić information content (AvgIpc) is 2.58. The van der Waals surface area contributed by atoms with Crippen LogP contribution in [0.25, 0.3) is 0 Å². The van der Waals surface area contributed by atoms with Gasteiger partial charge >= 0.3 is 0 Å². The lowest BCUT2D eigenvalue weighted by molar-refractivity contribution is -0.386. The summed E-state index contributed by atoms with van der Waals surface area (Å²) in [7, 11) is 0. The monoisotopic (exact) mass is 383 g/mol. The van der Waals surface area contributed by atoms with Gasteiger partial charge < -0.3 is 10.2 Å². The first-order valence-corrected chi connectivity index (χ1v) is 9.03. The number of carbonyl (C=O) groups is 1. The molecule has 1 saturated heterocycles. The Hall–Kier alpha value is -1.66. The van der Waals surface area contributed by atoms with Gasteiger partial charge in [-0.15, -0.1) is 12.4 Å². The van der Waals surface area contributed by atoms with Crippen molar-refractivity contribution in [3.63, 3.8) is 0 Å². The number of benzene rings is 1. The predicted molar refractivity (Wildman–Crippen MR) is 106 cm³/mol. The van der Waals surface area contributed by atoms with Gasteiger partial charge in [-0.25, -0.2) is 0 Å². The molecule has 1 aromatic carbocycles. The van der Waals surface area contributed by atoms with Crippen LogP contribution in [-0.2, 0) is 5.41 Å². The number of hydrogen-bond donors (Lipinski definition) is 1. The predicted octanol–water partition coefficient (Wildman–Crippen LogP) is 3.78. The minimum atomic E-state index is -0.389. The van der Waals surface area contributed by atoms with Gasteiger partial charge in [-0.2, -0.15) is 0 Å². The standard InChI is InChI=1S/C19H29N3O3.ClH/c1-5-20-13-14-8-10-21(11-9-14)18(23)15-6-7-16(19(2,3)4)17(12-15)22(24)25;/h6-7,12,14,20H,5,8-11,13H2,1-4H3;1H. The summed E-state index contributed by atoms with van der Waals surface area (Å²) < 4.78 is 0. The van der Waals surface area contributed by atoms with Crippen LogP contribution in [0, 0.1) is 16.0 Å². The molecule has 0 bridgehead atoms. The van der Waals surface area contributed by atoms with Crippen LogP contribution in [0.4, 0.5) is 5.69 Å². The zero-order chi connectivity index (χ0) is 18.6. The minimum Gasteiger partial charge on any atom is -0.339 e. The Kier molecular flexibility index (Phi) is 8.03. The molecule has 0 unspecified atom stereocenters. The summed E-state index contributed by atoms with van der Waals surface area (Å²) >= 11 is 0. The molecule has 1 aromatic rings. The normalized spacial score (nSPS) is 15.5. The zero-order valence-electron chi connectivity index (χ0n) is 16.1. The van der Waals surface area contributed by atoms with Crippen molar-refractivity contribution in [3.05, 3.63) is 39.4 Å². The van der Waals surface area contributed by atoms with E-state index in [-0.39, 0.29) is 34.3 Å². The number of rotatable bonds is 5. The fourth-order valence-electron chi connectivity index (χ4n) is 3.32. The number of nitro benzene ring substituents is 1. The summed E-state index contributed by atoms with van der Waals surface area (Å²) in [6.45, 7) is 11.3. The van der Waals surface area contributed by atoms with Crippen LogP contribution in [0.15, 0.2) is 18.2 Å². The van der Waals surface area contributed by atoms with Gasteiger partial charge in [0.25, 0.3) is 11.6 Å². The van der Waals surface area contributed by atoms with Gasteiger partial charge in [0, 0.05) is 30.3 Å². The molecule has 1 amide bonds. The smallest absolute Gasteiger partial charge is 0.273 e. The SMILES string of the molecule is CCNCC1CCN(C(=O)c2ccc(C(C)(C)C)c([N+](=O)[O-])c2)CC1.Cl. The summed E-state index contributed by atoms with van der Waals surface area (Å²) in [5, 5.41) is 14.8. The maximum atomic E-state index is 12.7. The number of nitrogens with one attached hydrogen (secondary N) is 1. The van der Waals surface area contributed by atoms with Crippen molar-refractivity contribution >= 4 is 24.0 Å². The zero-order valence-corrected chi connectivity index (χ0v) is 16.9. The molecule has 0 radical (unpaired) electrons. The molecule has 0 aromatic heterocycles. The minimum absolute atomic E-state index is 0. The van der Waals surface area contributed by atoms with Crippen molar-refractivity contribution in [2.75, 3.05) is 26.2 Å². The van der Waals surface area contributed by atoms with Crippen LogP contribution >= 0.6 is 12.4 Å². The van der Waals surface area contributed by atoms with E-state index in [1.54, 1.807) is 12.1 Å². The first-order chi connectivity index (χ1) is 11.7. The van der Waals surface area contributed by atoms with E-state index in [1.807, 2.05) is 25.7 Å². The first kappa shape index (κ1) is 22.4. The lowest BCUT2D eigenvalue weighted by Gasteiger charge is -2.32. The lowest BCUT2D eigenvalue weighted by Crippen LogP contribution is -2.40. The van der Waals surface area contributed by atoms with Crippen molar-refractivity contribution in [1.82, 2.24) is 10.2 Å². The van der Waals surface area contributed by atoms with E-state index in [2.05, 4.69) is 12.2 Å². The van der Waals surface area contributed by atoms with E-state index in [0.717, 1.165) is 25.9 Å². The molecule has 0 spiro atoms. The molecule has 1 heterocycles. The Labute approximate surface area is 161 Å². The Morgan fingerprint density at radius 3 is 2.42 bits per heavy atom. The molecule has 0 saturated carbocycles. The molecule has 1 fully saturated rings. The van der Waals surface area contributed by atoms with E-state index >= 15 is 0 Å². The second-order valence-electron chi connectivity index (χ2n) is 7.78. The van der Waals surface area contributed by atoms with Crippen LogP contribution in [-0.4, -0.2) is 41.9 Å². The fraction of sp³-hybridized carbons (Fsp3) is 0.632. The highest BCUT2D eigenvalue weighted by Gasteiger charge is 2.28. The molecule has 1 aliphatic heterocycles. The van der Waals surface area contributed by atoms with E-state index in [9.17, 15) is 14.9 Å². The van der Waals surface area contributed by atoms with Gasteiger partial charge in [-0.1, -0.05) is 33.8 Å². The summed E-state index contributed by atoms with van der Waals surface area (Å²) in [4.78, 5) is 25.6. The number of hydrogen-bond acceptors (Lipinski definition) is 4. The Balaban J connectivity index is 0.00000338. The van der Waals surface area contributed by atoms with Gasteiger partial charge in [-0.3, -0.25) is 14.9 Å². The van der Waals surface area contributed by atoms with Gasteiger partial charge in [0.2, 0.25) is 0 Å². The number of amides is 1. The number of nitrogens with zero attached hydrogens (tertiary/aromatic N) is 2. The van der Waals surface area contributed by atoms with Crippen LogP contribution in [0.3, 0.4) is 0 Å². The molecule has 7 heteroatoms. The second-order valence-corrected chi connectivity index (χ2v) is 7.78. The van der Waals surface area contributed by atoms with E-state index < -0.39 is 0 Å². The van der Waals surface area contributed by atoms with Gasteiger partial charge in [-0.05, 0) is 43.3 Å². The third-order valence-corrected chi connectivity index (χ3v) is 4.83. The summed E-state index contributed by atoms with van der Waals surface area (Å²) in [6, 6.07) is 4.89. The number of carbonyl (C=O) groups excluding carboxylic acids is 1. The van der Waals surface area contributed by atoms with Crippen molar-refractivity contribution in [2.45, 2.75) is 46.0 Å². The highest BCUT2D eigenvalue weighted by molar-refractivity contribution is 5.95. The van der Waals surface area contributed by atoms with Crippen molar-refractivity contribution in [3.8, 4) is 0 Å². The van der Waals surface area contributed by atoms with Crippen LogP contribution in [0.1, 0.15) is 56.5 Å². The molecule has 6 nitrogen and oxygen atoms in total. The molecule has 0 aliphatic carbocycles. The molecule has 26 heavy (non-hydrogen) atoms. The van der Waals surface area contributed by atoms with Crippen molar-refractivity contribution in [1.29, 1.82) is 0 Å². The quantitative estimate of drug-likeness (QED) is 0.620. The van der Waals surface area contributed by atoms with Gasteiger partial charge in [0.15, 0.2) is 0 Å². The van der Waals surface area contributed by atoms with Crippen LogP contribution in [0.5, 0.6) is 0 Å². The van der Waals surface area contributed by atoms with Gasteiger partial charge in [0.05, 0.1) is 4.92 Å². The van der Waals surface area contributed by atoms with Crippen molar-refractivity contribution in [2.24, 2.45) is 5.92 Å². The molecule has 146 valence electrons. The molecular weight excluding hydrogens is 354 g/mol. The second kappa shape index (κ2) is 9.33. The average molecular weight is 384 g/mol. The van der Waals surface area contributed by atoms with E-state index in [4.69, 9.17) is 0 Å². The molecule has 1 aliphatic rings. The summed E-state index contributed by atoms with van der Waals surface area (Å²) in [6.07, 6.45) is 1.95. The number of nitro groups is 1. The van der Waals surface area contributed by atoms with Gasteiger partial charge in [0.1, 0.15) is 0 Å². The molecule has 0 atom stereocenters. The Bertz CT molecular complexity index is 635. The third-order valence-electron chi connectivity index (χ3n) is 4.83. The molecule has 1 N–H and O–H groups in total. The highest BCUT2D eigenvalue weighted by atomic mass is 35.5. The maximum Gasteiger partial charge on any atom is 0.273 e. The van der Waals surface area contributed by atoms with Crippen LogP contribution < -0.4 is 5.32 Å². The maximum absolute atomic E-state index is 12.7. The lowest BCUT2D eigenvalue weighted by atomic mass is 9.85. The Morgan fingerprint density at radius 1 is 1.31 bits per heavy atom. The first-order valence-electron chi connectivity index (χ1n) is 9.03.